The van der Waals surface area contributed by atoms with E-state index < -0.39 is 73.4 Å². The Bertz CT molecular complexity index is 6440. The fraction of sp³-hybridized carbons (Fsp3) is 0.368. The molecule has 116 heavy (non-hydrogen) atoms. The molecule has 0 amide bonds. The molecule has 0 aromatic carbocycles. The van der Waals surface area contributed by atoms with Crippen LogP contribution in [0.4, 0.5) is 22.7 Å². The summed E-state index contributed by atoms with van der Waals surface area (Å²) in [5, 5.41) is 58.1. The molecule has 4 aliphatic heterocycles. The number of nitrogens with zero attached hydrogens (tertiary/aromatic N) is 24. The summed E-state index contributed by atoms with van der Waals surface area (Å²) in [6.07, 6.45) is 28.4. The molecule has 16 rings (SSSR count). The molecule has 16 heterocycles. The number of sulfonamides is 4. The Morgan fingerprint density at radius 2 is 0.707 bits per heavy atom. The molecule has 4 saturated heterocycles. The molecule has 0 spiro atoms. The maximum Gasteiger partial charge on any atom is 0.216 e. The van der Waals surface area contributed by atoms with Gasteiger partial charge in [-0.3, -0.25) is 38.7 Å². The summed E-state index contributed by atoms with van der Waals surface area (Å²) < 4.78 is 111. The number of fused-ring (bicyclic) bond motifs is 4. The zero-order valence-electron chi connectivity index (χ0n) is 63.6. The second-order valence-electron chi connectivity index (χ2n) is 29.0. The van der Waals surface area contributed by atoms with Gasteiger partial charge in [-0.2, -0.15) is 58.7 Å². The summed E-state index contributed by atoms with van der Waals surface area (Å²) in [5.74, 6) is -0.234. The summed E-state index contributed by atoms with van der Waals surface area (Å²) in [6.45, 7) is 41.9. The van der Waals surface area contributed by atoms with E-state index in [4.69, 9.17) is 26.3 Å². The summed E-state index contributed by atoms with van der Waals surface area (Å²) in [6, 6.07) is 16.2. The van der Waals surface area contributed by atoms with Crippen LogP contribution in [0.5, 0.6) is 0 Å². The highest BCUT2D eigenvalue weighted by Crippen LogP contribution is 2.46. The normalized spacial score (nSPS) is 16.6. The smallest absolute Gasteiger partial charge is 0.216 e. The Balaban J connectivity index is 0.000000135. The summed E-state index contributed by atoms with van der Waals surface area (Å²) in [4.78, 5) is 43.5. The van der Waals surface area contributed by atoms with E-state index >= 15 is 0 Å². The van der Waals surface area contributed by atoms with Gasteiger partial charge >= 0.3 is 0 Å². The van der Waals surface area contributed by atoms with E-state index in [-0.39, 0.29) is 88.9 Å². The molecular weight excluding hydrogens is 1560 g/mol. The molecule has 4 N–H and O–H groups in total. The van der Waals surface area contributed by atoms with Gasteiger partial charge in [0.2, 0.25) is 62.8 Å². The lowest BCUT2D eigenvalue weighted by molar-refractivity contribution is 0.0357. The predicted molar refractivity (Wildman–Crippen MR) is 430 cm³/mol. The monoisotopic (exact) mass is 1640 g/mol. The number of hydrogen-bond acceptors (Lipinski definition) is 20. The van der Waals surface area contributed by atoms with Crippen molar-refractivity contribution in [2.45, 2.75) is 101 Å². The molecule has 12 aromatic heterocycles. The van der Waals surface area contributed by atoms with Crippen LogP contribution in [0, 0.1) is 77.5 Å². The zero-order chi connectivity index (χ0) is 82.9. The van der Waals surface area contributed by atoms with Crippen molar-refractivity contribution in [2.24, 2.45) is 5.92 Å². The first kappa shape index (κ1) is 81.2. The predicted octanol–water partition coefficient (Wildman–Crippen LogP) is 10.4. The largest absolute Gasteiger partial charge is 0.346 e. The van der Waals surface area contributed by atoms with E-state index in [1.807, 2.05) is 38.1 Å². The first-order valence-corrected chi connectivity index (χ1v) is 42.9. The Morgan fingerprint density at radius 1 is 0.422 bits per heavy atom. The molecule has 0 aliphatic carbocycles. The molecule has 1 atom stereocenters. The molecule has 36 nitrogen and oxygen atoms in total. The van der Waals surface area contributed by atoms with E-state index in [0.29, 0.717) is 58.2 Å². The van der Waals surface area contributed by atoms with E-state index in [9.17, 15) is 54.7 Å². The fourth-order valence-corrected chi connectivity index (χ4v) is 20.9. The third-order valence-corrected chi connectivity index (χ3v) is 29.4. The van der Waals surface area contributed by atoms with E-state index in [1.165, 1.54) is 42.0 Å². The van der Waals surface area contributed by atoms with Gasteiger partial charge < -0.3 is 19.9 Å². The fourth-order valence-electron chi connectivity index (χ4n) is 15.0. The minimum Gasteiger partial charge on any atom is -0.346 e. The van der Waals surface area contributed by atoms with Gasteiger partial charge in [0.15, 0.2) is 0 Å². The Morgan fingerprint density at radius 3 is 0.974 bits per heavy atom. The average Bonchev–Trinajstić information content (AvgIpc) is 1.48. The van der Waals surface area contributed by atoms with Crippen molar-refractivity contribution in [3.05, 3.63) is 169 Å². The van der Waals surface area contributed by atoms with Crippen molar-refractivity contribution in [2.75, 3.05) is 69.6 Å². The molecule has 12 aromatic rings. The molecule has 1 unspecified atom stereocenters. The number of rotatable bonds is 22. The van der Waals surface area contributed by atoms with E-state index in [0.717, 1.165) is 66.1 Å². The highest BCUT2D eigenvalue weighted by Gasteiger charge is 2.55. The van der Waals surface area contributed by atoms with Gasteiger partial charge in [0.05, 0.1) is 123 Å². The highest BCUT2D eigenvalue weighted by molar-refractivity contribution is 7.90. The average molecular weight is 1640 g/mol. The lowest BCUT2D eigenvalue weighted by Crippen LogP contribution is -2.67. The molecule has 4 fully saturated rings. The van der Waals surface area contributed by atoms with Crippen LogP contribution >= 0.6 is 0 Å². The van der Waals surface area contributed by atoms with Crippen LogP contribution in [0.15, 0.2) is 123 Å². The lowest BCUT2D eigenvalue weighted by Gasteiger charge is -2.50. The standard InChI is InChI=1S/4C19H19N7O2S/c1-13(2)29(27,28)25-11-19(12-25,5-6-20)26-10-14(8-24-26)17-15-4-7-22-18(15)23-9-16(17)21-3;1-4-29(27,28)25-11-19(12-25,13(2)7-20)26-10-14(8-24-26)17-15-5-6-22-18(15)23-9-16(17)21-3;2*1-3-8-29(27,28)25-12-19(13-25,5-6-20)26-11-14(9-24-26)17-15-4-7-22-18(15)23-10-16(17)21-2/h4,7-10,13H,5,11-12H2,1-2H3,(H,22,23);5-6,8-10,13H,4,11-12H2,1-2H3,(H,22,23);2*4,7,9-11H,3,5,8,12-13H2,1H3,(H,22,23). The van der Waals surface area contributed by atoms with Crippen molar-refractivity contribution < 1.29 is 33.7 Å². The maximum atomic E-state index is 12.4. The SMILES string of the molecule is [C-]#[N+]c1cnc2[nH]ccc2c1-c1cnn(C2(C(C)C#N)CN(S(=O)(=O)CC)C2)c1.[C-]#[N+]c1cnc2[nH]ccc2c1-c1cnn(C2(CC#N)CN(S(=O)(=O)C(C)C)C2)c1.[C-]#[N+]c1cnc2[nH]ccc2c1-c1cnn(C2(CC#N)CN(S(=O)(=O)CCC)C2)c1.[C-]#[N+]c1cnc2[nH]ccc2c1-c1cnn(C2(CC#N)CN(S(=O)(=O)CCC)C2)c1. The zero-order valence-corrected chi connectivity index (χ0v) is 66.9. The van der Waals surface area contributed by atoms with Gasteiger partial charge in [-0.05, 0) is 64.8 Å². The van der Waals surface area contributed by atoms with Crippen LogP contribution in [0.3, 0.4) is 0 Å². The minimum atomic E-state index is -3.38. The molecule has 0 saturated carbocycles. The van der Waals surface area contributed by atoms with Crippen molar-refractivity contribution in [1.29, 1.82) is 21.0 Å². The topological polar surface area (TPSA) is 448 Å². The first-order chi connectivity index (χ1) is 55.6. The molecule has 40 heteroatoms. The van der Waals surface area contributed by atoms with Crippen molar-refractivity contribution in [3.8, 4) is 68.8 Å². The molecular formula is C76H76N28O8S4. The van der Waals surface area contributed by atoms with Gasteiger partial charge in [-0.1, -0.05) is 13.8 Å². The Kier molecular flexibility index (Phi) is 22.3. The van der Waals surface area contributed by atoms with Crippen LogP contribution in [0.25, 0.3) is 108 Å². The highest BCUT2D eigenvalue weighted by atomic mass is 32.2. The number of nitriles is 4. The summed E-state index contributed by atoms with van der Waals surface area (Å²) >= 11 is 0. The summed E-state index contributed by atoms with van der Waals surface area (Å²) in [7, 11) is -13.3. The third kappa shape index (κ3) is 14.5. The van der Waals surface area contributed by atoms with Crippen LogP contribution in [0.2, 0.25) is 0 Å². The van der Waals surface area contributed by atoms with Crippen molar-refractivity contribution in [3.63, 3.8) is 0 Å². The Hall–Kier alpha value is -12.8. The van der Waals surface area contributed by atoms with E-state index in [1.54, 1.807) is 121 Å². The number of aromatic nitrogens is 16. The second-order valence-corrected chi connectivity index (χ2v) is 37.9. The molecule has 0 radical (unpaired) electrons. The molecule has 0 bridgehead atoms. The van der Waals surface area contributed by atoms with Crippen LogP contribution in [0.1, 0.15) is 73.6 Å². The molecule has 4 aliphatic rings. The first-order valence-electron chi connectivity index (χ1n) is 36.6. The van der Waals surface area contributed by atoms with E-state index in [2.05, 4.69) is 104 Å². The van der Waals surface area contributed by atoms with Gasteiger partial charge in [0.25, 0.3) is 0 Å². The number of hydrogen-bond donors (Lipinski definition) is 4. The third-order valence-electron chi connectivity index (χ3n) is 21.5. The van der Waals surface area contributed by atoms with Crippen molar-refractivity contribution >= 4 is 107 Å². The summed E-state index contributed by atoms with van der Waals surface area (Å²) in [5.41, 5.74) is 7.27. The maximum absolute atomic E-state index is 12.4. The van der Waals surface area contributed by atoms with Crippen LogP contribution in [-0.2, 0) is 62.2 Å². The Labute approximate surface area is 668 Å². The number of aromatic amines is 4. The number of nitrogens with one attached hydrogen (secondary N) is 4. The quantitative estimate of drug-likeness (QED) is 0.0458. The lowest BCUT2D eigenvalue weighted by atomic mass is 9.80. The number of H-pyrrole nitrogens is 4. The van der Waals surface area contributed by atoms with Crippen LogP contribution < -0.4 is 0 Å². The second kappa shape index (κ2) is 31.9. The molecule has 592 valence electrons. The van der Waals surface area contributed by atoms with Gasteiger partial charge in [0.1, 0.15) is 44.7 Å². The van der Waals surface area contributed by atoms with Gasteiger partial charge in [-0.15, -0.1) is 0 Å². The van der Waals surface area contributed by atoms with Gasteiger partial charge in [-0.25, -0.2) is 53.1 Å². The minimum absolute atomic E-state index is 0.0191. The van der Waals surface area contributed by atoms with Crippen molar-refractivity contribution in [1.82, 2.24) is 96.2 Å². The van der Waals surface area contributed by atoms with Gasteiger partial charge in [0, 0.05) is 193 Å². The number of pyridine rings is 4. The van der Waals surface area contributed by atoms with Crippen LogP contribution in [-0.4, -0.2) is 205 Å².